The molecule has 0 spiro atoms. The number of aromatic nitrogens is 3. The number of nitrogens with one attached hydrogen (secondary N) is 2. The van der Waals surface area contributed by atoms with Crippen LogP contribution in [0.4, 0.5) is 5.00 Å². The summed E-state index contributed by atoms with van der Waals surface area (Å²) in [5.74, 6) is 0.551. The number of carbonyl (C=O) groups is 3. The molecule has 0 saturated carbocycles. The molecule has 218 valence electrons. The number of anilines is 1. The number of hydrogen-bond donors (Lipinski definition) is 2. The number of benzene rings is 1. The fraction of sp³-hybridized carbons (Fsp3) is 0.393. The number of aryl methyl sites for hydroxylation is 1. The number of carbonyl (C=O) groups excluding carboxylic acids is 3. The summed E-state index contributed by atoms with van der Waals surface area (Å²) >= 11 is 2.66. The van der Waals surface area contributed by atoms with Gasteiger partial charge in [0.05, 0.1) is 38.7 Å². The molecule has 0 fully saturated rings. The Morgan fingerprint density at radius 3 is 2.66 bits per heavy atom. The first-order chi connectivity index (χ1) is 19.9. The van der Waals surface area contributed by atoms with Crippen molar-refractivity contribution in [2.24, 2.45) is 0 Å². The molecule has 4 rings (SSSR count). The van der Waals surface area contributed by atoms with Gasteiger partial charge in [-0.25, -0.2) is 4.79 Å². The molecule has 1 aromatic carbocycles. The number of nitrogens with zero attached hydrogens (tertiary/aromatic N) is 3. The number of thioether (sulfide) groups is 1. The van der Waals surface area contributed by atoms with E-state index in [0.717, 1.165) is 36.1 Å². The summed E-state index contributed by atoms with van der Waals surface area (Å²) in [4.78, 5) is 39.5. The molecule has 3 aromatic rings. The molecule has 0 radical (unpaired) electrons. The van der Waals surface area contributed by atoms with Gasteiger partial charge in [0.1, 0.15) is 5.00 Å². The Labute approximate surface area is 246 Å². The third-order valence-electron chi connectivity index (χ3n) is 6.39. The second kappa shape index (κ2) is 14.2. The number of amides is 2. The van der Waals surface area contributed by atoms with Crippen LogP contribution < -0.4 is 20.1 Å². The van der Waals surface area contributed by atoms with Gasteiger partial charge in [-0.3, -0.25) is 9.59 Å². The smallest absolute Gasteiger partial charge is 0.341 e. The SMILES string of the molecule is C=CCn1c(CNC(=O)c2ccc(OC)c(OC)c2)nnc1SCC(=O)Nc1sc2c(c1C(=O)OCC)CCCC2. The molecule has 1 aliphatic rings. The van der Waals surface area contributed by atoms with Crippen molar-refractivity contribution in [3.8, 4) is 11.5 Å². The summed E-state index contributed by atoms with van der Waals surface area (Å²) in [6.45, 7) is 6.34. The van der Waals surface area contributed by atoms with Crippen molar-refractivity contribution in [2.75, 3.05) is 31.9 Å². The van der Waals surface area contributed by atoms with Crippen LogP contribution in [0.5, 0.6) is 11.5 Å². The van der Waals surface area contributed by atoms with Crippen LogP contribution in [-0.2, 0) is 35.5 Å². The lowest BCUT2D eigenvalue weighted by Gasteiger charge is -2.12. The minimum atomic E-state index is -0.402. The molecule has 1 aliphatic carbocycles. The summed E-state index contributed by atoms with van der Waals surface area (Å²) < 4.78 is 17.6. The van der Waals surface area contributed by atoms with Crippen molar-refractivity contribution in [1.82, 2.24) is 20.1 Å². The van der Waals surface area contributed by atoms with Gasteiger partial charge >= 0.3 is 5.97 Å². The first kappa shape index (κ1) is 30.1. The van der Waals surface area contributed by atoms with Crippen LogP contribution >= 0.6 is 23.1 Å². The average Bonchev–Trinajstić information content (AvgIpc) is 3.54. The lowest BCUT2D eigenvalue weighted by molar-refractivity contribution is -0.113. The fourth-order valence-corrected chi connectivity index (χ4v) is 6.53. The number of allylic oxidation sites excluding steroid dienone is 1. The zero-order chi connectivity index (χ0) is 29.4. The van der Waals surface area contributed by atoms with Gasteiger partial charge in [-0.05, 0) is 56.4 Å². The van der Waals surface area contributed by atoms with E-state index in [1.54, 1.807) is 35.8 Å². The Morgan fingerprint density at radius 2 is 1.93 bits per heavy atom. The maximum absolute atomic E-state index is 12.9. The van der Waals surface area contributed by atoms with Gasteiger partial charge in [0.25, 0.3) is 5.91 Å². The van der Waals surface area contributed by atoms with Crippen LogP contribution in [0.25, 0.3) is 0 Å². The molecule has 13 heteroatoms. The molecule has 0 atom stereocenters. The molecule has 2 heterocycles. The number of ether oxygens (including phenoxy) is 3. The molecule has 0 aliphatic heterocycles. The van der Waals surface area contributed by atoms with E-state index in [1.165, 1.54) is 37.3 Å². The minimum absolute atomic E-state index is 0.0537. The largest absolute Gasteiger partial charge is 0.493 e. The highest BCUT2D eigenvalue weighted by molar-refractivity contribution is 7.99. The Kier molecular flexibility index (Phi) is 10.4. The Bertz CT molecular complexity index is 1430. The number of fused-ring (bicyclic) bond motifs is 1. The van der Waals surface area contributed by atoms with E-state index in [1.807, 2.05) is 0 Å². The van der Waals surface area contributed by atoms with Gasteiger partial charge in [-0.1, -0.05) is 17.8 Å². The van der Waals surface area contributed by atoms with Gasteiger partial charge < -0.3 is 29.4 Å². The maximum atomic E-state index is 12.9. The van der Waals surface area contributed by atoms with Crippen LogP contribution in [-0.4, -0.2) is 59.1 Å². The Balaban J connectivity index is 1.41. The van der Waals surface area contributed by atoms with Gasteiger partial charge in [0.15, 0.2) is 22.5 Å². The zero-order valence-electron chi connectivity index (χ0n) is 23.3. The molecule has 0 saturated heterocycles. The van der Waals surface area contributed by atoms with E-state index in [0.29, 0.717) is 45.2 Å². The van der Waals surface area contributed by atoms with E-state index in [9.17, 15) is 14.4 Å². The van der Waals surface area contributed by atoms with Gasteiger partial charge in [0.2, 0.25) is 5.91 Å². The van der Waals surface area contributed by atoms with Crippen LogP contribution in [0.3, 0.4) is 0 Å². The van der Waals surface area contributed by atoms with Crippen LogP contribution in [0.15, 0.2) is 36.0 Å². The van der Waals surface area contributed by atoms with Crippen molar-refractivity contribution >= 4 is 45.9 Å². The number of rotatable bonds is 13. The third kappa shape index (κ3) is 7.09. The number of hydrogen-bond acceptors (Lipinski definition) is 10. The second-order valence-electron chi connectivity index (χ2n) is 9.02. The van der Waals surface area contributed by atoms with Crippen LogP contribution in [0.1, 0.15) is 56.7 Å². The Hall–Kier alpha value is -3.84. The van der Waals surface area contributed by atoms with Crippen molar-refractivity contribution < 1.29 is 28.6 Å². The summed E-state index contributed by atoms with van der Waals surface area (Å²) in [6.07, 6.45) is 5.47. The average molecular weight is 600 g/mol. The van der Waals surface area contributed by atoms with Crippen LogP contribution in [0.2, 0.25) is 0 Å². The summed E-state index contributed by atoms with van der Waals surface area (Å²) in [6, 6.07) is 4.90. The molecule has 0 unspecified atom stereocenters. The molecule has 11 nitrogen and oxygen atoms in total. The molecule has 41 heavy (non-hydrogen) atoms. The minimum Gasteiger partial charge on any atom is -0.493 e. The quantitative estimate of drug-likeness (QED) is 0.168. The van der Waals surface area contributed by atoms with E-state index in [-0.39, 0.29) is 30.7 Å². The first-order valence-electron chi connectivity index (χ1n) is 13.2. The molecule has 2 amide bonds. The lowest BCUT2D eigenvalue weighted by atomic mass is 9.95. The highest BCUT2D eigenvalue weighted by atomic mass is 32.2. The number of esters is 1. The number of thiophene rings is 1. The van der Waals surface area contributed by atoms with Crippen molar-refractivity contribution in [3.05, 3.63) is 58.2 Å². The van der Waals surface area contributed by atoms with E-state index in [2.05, 4.69) is 27.4 Å². The van der Waals surface area contributed by atoms with E-state index in [4.69, 9.17) is 14.2 Å². The monoisotopic (exact) mass is 599 g/mol. The number of methoxy groups -OCH3 is 2. The van der Waals surface area contributed by atoms with Gasteiger partial charge in [0, 0.05) is 17.0 Å². The molecule has 2 N–H and O–H groups in total. The van der Waals surface area contributed by atoms with Gasteiger partial charge in [-0.15, -0.1) is 28.1 Å². The first-order valence-corrected chi connectivity index (χ1v) is 15.0. The highest BCUT2D eigenvalue weighted by Gasteiger charge is 2.27. The second-order valence-corrected chi connectivity index (χ2v) is 11.1. The third-order valence-corrected chi connectivity index (χ3v) is 8.57. The van der Waals surface area contributed by atoms with Crippen molar-refractivity contribution in [3.63, 3.8) is 0 Å². The molecule has 0 bridgehead atoms. The molecular weight excluding hydrogens is 566 g/mol. The van der Waals surface area contributed by atoms with Crippen molar-refractivity contribution in [2.45, 2.75) is 50.9 Å². The topological polar surface area (TPSA) is 134 Å². The fourth-order valence-electron chi connectivity index (χ4n) is 4.47. The van der Waals surface area contributed by atoms with Crippen LogP contribution in [0, 0.1) is 0 Å². The Morgan fingerprint density at radius 1 is 1.15 bits per heavy atom. The highest BCUT2D eigenvalue weighted by Crippen LogP contribution is 2.38. The molecular formula is C28H33N5O6S2. The summed E-state index contributed by atoms with van der Waals surface area (Å²) in [7, 11) is 3.03. The standard InChI is InChI=1S/C28H33N5O6S2/c1-5-13-33-22(15-29-25(35)17-11-12-19(37-3)20(14-17)38-4)31-32-28(33)40-16-23(34)30-26-24(27(36)39-6-2)18-9-7-8-10-21(18)41-26/h5,11-12,14H,1,6-10,13,15-16H2,2-4H3,(H,29,35)(H,30,34). The predicted molar refractivity (Wildman–Crippen MR) is 157 cm³/mol. The molecule has 2 aromatic heterocycles. The summed E-state index contributed by atoms with van der Waals surface area (Å²) in [5.41, 5.74) is 1.88. The van der Waals surface area contributed by atoms with Gasteiger partial charge in [-0.2, -0.15) is 0 Å². The lowest BCUT2D eigenvalue weighted by Crippen LogP contribution is -2.25. The zero-order valence-corrected chi connectivity index (χ0v) is 24.9. The van der Waals surface area contributed by atoms with Crippen molar-refractivity contribution in [1.29, 1.82) is 0 Å². The predicted octanol–water partition coefficient (Wildman–Crippen LogP) is 4.26. The van der Waals surface area contributed by atoms with E-state index >= 15 is 0 Å². The van der Waals surface area contributed by atoms with E-state index < -0.39 is 5.97 Å². The summed E-state index contributed by atoms with van der Waals surface area (Å²) in [5, 5.41) is 15.2. The maximum Gasteiger partial charge on any atom is 0.341 e. The normalized spacial score (nSPS) is 12.3.